The van der Waals surface area contributed by atoms with Crippen molar-refractivity contribution in [1.82, 2.24) is 15.1 Å². The van der Waals surface area contributed by atoms with Crippen molar-refractivity contribution in [2.75, 3.05) is 23.7 Å². The van der Waals surface area contributed by atoms with E-state index in [1.165, 1.54) is 0 Å². The Kier molecular flexibility index (Phi) is 9.14. The zero-order valence-corrected chi connectivity index (χ0v) is 27.6. The fourth-order valence-electron chi connectivity index (χ4n) is 7.30. The number of hydrogen-bond donors (Lipinski definition) is 3. The molecule has 2 aliphatic rings. The summed E-state index contributed by atoms with van der Waals surface area (Å²) in [5.74, 6) is 1.07. The average Bonchev–Trinajstić information content (AvgIpc) is 3.72. The van der Waals surface area contributed by atoms with Gasteiger partial charge < -0.3 is 10.6 Å². The van der Waals surface area contributed by atoms with Crippen LogP contribution >= 0.6 is 0 Å². The van der Waals surface area contributed by atoms with Gasteiger partial charge in [0.2, 0.25) is 0 Å². The summed E-state index contributed by atoms with van der Waals surface area (Å²) in [7, 11) is 0. The molecule has 1 saturated heterocycles. The minimum atomic E-state index is -0.431. The van der Waals surface area contributed by atoms with Crippen molar-refractivity contribution in [2.45, 2.75) is 83.0 Å². The smallest absolute Gasteiger partial charge is 0.317 e. The van der Waals surface area contributed by atoms with E-state index < -0.39 is 5.41 Å². The van der Waals surface area contributed by atoms with Crippen LogP contribution in [0.15, 0.2) is 84.9 Å². The number of Topliss-reactive ketones (excluding diaryl/α,β-unsaturated/α-hetero) is 1. The topological polar surface area (TPSA) is 88.1 Å². The number of aromatic nitrogens is 2. The molecule has 0 radical (unpaired) electrons. The third-order valence-electron chi connectivity index (χ3n) is 9.92. The van der Waals surface area contributed by atoms with Crippen LogP contribution in [0.1, 0.15) is 87.6 Å². The van der Waals surface area contributed by atoms with Crippen molar-refractivity contribution in [3.8, 4) is 5.69 Å². The highest BCUT2D eigenvalue weighted by atomic mass is 16.2. The van der Waals surface area contributed by atoms with E-state index in [2.05, 4.69) is 61.0 Å². The van der Waals surface area contributed by atoms with Crippen LogP contribution in [0.2, 0.25) is 0 Å². The second-order valence-corrected chi connectivity index (χ2v) is 14.2. The average molecular weight is 618 g/mol. The second-order valence-electron chi connectivity index (χ2n) is 14.2. The Balaban J connectivity index is 1.23. The van der Waals surface area contributed by atoms with Crippen LogP contribution in [0, 0.1) is 12.8 Å². The third kappa shape index (κ3) is 6.66. The number of carbonyl (C=O) groups excluding carboxylic acids is 2. The van der Waals surface area contributed by atoms with Gasteiger partial charge >= 0.3 is 6.03 Å². The van der Waals surface area contributed by atoms with Crippen LogP contribution in [0.25, 0.3) is 5.69 Å². The zero-order chi connectivity index (χ0) is 32.3. The SMILES string of the molecule is Cc1ccc(-n2nc(C(C)(C)C)cc2NC(=O)Nc2ccc(C(C(=O)C3(c4ccccc4)CCCC3)C3CCNCC3)cc2)cc1. The van der Waals surface area contributed by atoms with Gasteiger partial charge in [-0.1, -0.05) is 93.8 Å². The molecule has 1 aliphatic carbocycles. The van der Waals surface area contributed by atoms with Gasteiger partial charge in [-0.2, -0.15) is 5.10 Å². The summed E-state index contributed by atoms with van der Waals surface area (Å²) >= 11 is 0. The van der Waals surface area contributed by atoms with Gasteiger partial charge in [-0.25, -0.2) is 9.48 Å². The molecule has 0 bridgehead atoms. The summed E-state index contributed by atoms with van der Waals surface area (Å²) in [6.07, 6.45) is 5.94. The van der Waals surface area contributed by atoms with Crippen molar-refractivity contribution in [2.24, 2.45) is 5.92 Å². The number of aryl methyl sites for hydroxylation is 1. The molecule has 2 heterocycles. The third-order valence-corrected chi connectivity index (χ3v) is 9.92. The molecular weight excluding hydrogens is 570 g/mol. The van der Waals surface area contributed by atoms with E-state index >= 15 is 0 Å². The molecule has 1 unspecified atom stereocenters. The first-order valence-corrected chi connectivity index (χ1v) is 16.8. The molecule has 1 aliphatic heterocycles. The molecule has 3 N–H and O–H groups in total. The Morgan fingerprint density at radius 1 is 0.891 bits per heavy atom. The molecule has 1 atom stereocenters. The number of amides is 2. The number of urea groups is 1. The Hall–Kier alpha value is -4.23. The summed E-state index contributed by atoms with van der Waals surface area (Å²) in [6.45, 7) is 10.2. The van der Waals surface area contributed by atoms with Gasteiger partial charge in [0.25, 0.3) is 0 Å². The lowest BCUT2D eigenvalue weighted by molar-refractivity contribution is -0.127. The predicted molar refractivity (Wildman–Crippen MR) is 186 cm³/mol. The highest BCUT2D eigenvalue weighted by Crippen LogP contribution is 2.47. The van der Waals surface area contributed by atoms with Gasteiger partial charge in [0.1, 0.15) is 5.82 Å². The number of rotatable bonds is 8. The van der Waals surface area contributed by atoms with Crippen molar-refractivity contribution in [1.29, 1.82) is 0 Å². The minimum Gasteiger partial charge on any atom is -0.317 e. The van der Waals surface area contributed by atoms with E-state index in [4.69, 9.17) is 5.10 Å². The maximum Gasteiger partial charge on any atom is 0.324 e. The van der Waals surface area contributed by atoms with Crippen molar-refractivity contribution < 1.29 is 9.59 Å². The molecule has 46 heavy (non-hydrogen) atoms. The molecule has 6 rings (SSSR count). The van der Waals surface area contributed by atoms with Crippen LogP contribution in [-0.2, 0) is 15.6 Å². The van der Waals surface area contributed by atoms with Gasteiger partial charge in [-0.15, -0.1) is 0 Å². The second kappa shape index (κ2) is 13.2. The quantitative estimate of drug-likeness (QED) is 0.186. The van der Waals surface area contributed by atoms with Crippen LogP contribution in [0.4, 0.5) is 16.3 Å². The summed E-state index contributed by atoms with van der Waals surface area (Å²) in [5.41, 5.74) is 5.18. The Bertz CT molecular complexity index is 1640. The lowest BCUT2D eigenvalue weighted by Gasteiger charge is -2.37. The summed E-state index contributed by atoms with van der Waals surface area (Å²) < 4.78 is 1.78. The van der Waals surface area contributed by atoms with Crippen molar-refractivity contribution in [3.63, 3.8) is 0 Å². The number of anilines is 2. The number of nitrogens with zero attached hydrogens (tertiary/aromatic N) is 2. The van der Waals surface area contributed by atoms with Crippen LogP contribution in [0.5, 0.6) is 0 Å². The van der Waals surface area contributed by atoms with Gasteiger partial charge in [-0.3, -0.25) is 10.1 Å². The first kappa shape index (κ1) is 31.7. The number of benzene rings is 3. The predicted octanol–water partition coefficient (Wildman–Crippen LogP) is 8.29. The number of ketones is 1. The molecule has 3 aromatic carbocycles. The monoisotopic (exact) mass is 617 g/mol. The number of carbonyl (C=O) groups is 2. The molecule has 0 spiro atoms. The van der Waals surface area contributed by atoms with Gasteiger partial charge in [0.15, 0.2) is 5.78 Å². The summed E-state index contributed by atoms with van der Waals surface area (Å²) in [5, 5.41) is 14.3. The molecule has 7 nitrogen and oxygen atoms in total. The normalized spacial score (nSPS) is 17.4. The van der Waals surface area contributed by atoms with E-state index in [9.17, 15) is 9.59 Å². The van der Waals surface area contributed by atoms with E-state index in [1.807, 2.05) is 67.6 Å². The largest absolute Gasteiger partial charge is 0.324 e. The Morgan fingerprint density at radius 2 is 1.54 bits per heavy atom. The molecule has 2 fully saturated rings. The fraction of sp³-hybridized carbons (Fsp3) is 0.410. The number of piperidine rings is 1. The molecule has 240 valence electrons. The summed E-state index contributed by atoms with van der Waals surface area (Å²) in [6, 6.07) is 28.1. The summed E-state index contributed by atoms with van der Waals surface area (Å²) in [4.78, 5) is 28.1. The van der Waals surface area contributed by atoms with Gasteiger partial charge in [0, 0.05) is 23.1 Å². The van der Waals surface area contributed by atoms with Crippen molar-refractivity contribution in [3.05, 3.63) is 107 Å². The number of nitrogens with one attached hydrogen (secondary N) is 3. The van der Waals surface area contributed by atoms with Gasteiger partial charge in [0.05, 0.1) is 16.8 Å². The lowest BCUT2D eigenvalue weighted by atomic mass is 9.65. The Labute approximate surface area is 273 Å². The molecule has 2 amide bonds. The van der Waals surface area contributed by atoms with Crippen LogP contribution in [0.3, 0.4) is 0 Å². The maximum absolute atomic E-state index is 14.8. The van der Waals surface area contributed by atoms with Crippen LogP contribution in [-0.4, -0.2) is 34.7 Å². The fourth-order valence-corrected chi connectivity index (χ4v) is 7.30. The minimum absolute atomic E-state index is 0.178. The highest BCUT2D eigenvalue weighted by molar-refractivity contribution is 6.00. The maximum atomic E-state index is 14.8. The highest BCUT2D eigenvalue weighted by Gasteiger charge is 2.47. The molecule has 7 heteroatoms. The first-order valence-electron chi connectivity index (χ1n) is 16.8. The molecule has 4 aromatic rings. The zero-order valence-electron chi connectivity index (χ0n) is 27.6. The number of hydrogen-bond acceptors (Lipinski definition) is 4. The first-order chi connectivity index (χ1) is 22.1. The van der Waals surface area contributed by atoms with E-state index in [1.54, 1.807) is 4.68 Å². The lowest BCUT2D eigenvalue weighted by Crippen LogP contribution is -2.42. The van der Waals surface area contributed by atoms with E-state index in [-0.39, 0.29) is 23.3 Å². The standard InChI is InChI=1S/C39H47N5O2/c1-27-12-18-32(19-13-27)44-34(26-33(43-44)38(2,3)4)42-37(46)41-31-16-14-28(15-17-31)35(29-20-24-40-25-21-29)36(45)39(22-8-9-23-39)30-10-6-5-7-11-30/h5-7,10-19,26,29,35,40H,8-9,20-25H2,1-4H3,(H2,41,42,46). The van der Waals surface area contributed by atoms with Crippen molar-refractivity contribution >= 4 is 23.3 Å². The van der Waals surface area contributed by atoms with E-state index in [0.29, 0.717) is 17.3 Å². The van der Waals surface area contributed by atoms with E-state index in [0.717, 1.165) is 79.7 Å². The Morgan fingerprint density at radius 3 is 2.17 bits per heavy atom. The van der Waals surface area contributed by atoms with Crippen LogP contribution < -0.4 is 16.0 Å². The molecule has 1 aromatic heterocycles. The molecular formula is C39H47N5O2. The molecule has 1 saturated carbocycles. The van der Waals surface area contributed by atoms with Gasteiger partial charge in [-0.05, 0) is 87.0 Å².